The van der Waals surface area contributed by atoms with Crippen molar-refractivity contribution in [3.63, 3.8) is 0 Å². The highest BCUT2D eigenvalue weighted by atomic mass is 35.5. The molecule has 18 heavy (non-hydrogen) atoms. The number of thioether (sulfide) groups is 1. The first-order valence-corrected chi connectivity index (χ1v) is 7.58. The predicted molar refractivity (Wildman–Crippen MR) is 74.1 cm³/mol. The summed E-state index contributed by atoms with van der Waals surface area (Å²) < 4.78 is 0.204. The van der Waals surface area contributed by atoms with E-state index in [1.54, 1.807) is 12.1 Å². The Labute approximate surface area is 116 Å². The second kappa shape index (κ2) is 5.89. The Hall–Kier alpha value is -0.810. The number of hydrogen-bond donors (Lipinski definition) is 1. The van der Waals surface area contributed by atoms with Crippen LogP contribution in [0.2, 0.25) is 5.15 Å². The van der Waals surface area contributed by atoms with E-state index in [4.69, 9.17) is 11.6 Å². The van der Waals surface area contributed by atoms with Gasteiger partial charge < -0.3 is 5.32 Å². The van der Waals surface area contributed by atoms with Crippen LogP contribution in [0.3, 0.4) is 0 Å². The lowest BCUT2D eigenvalue weighted by Crippen LogP contribution is -2.38. The molecule has 1 amide bonds. The summed E-state index contributed by atoms with van der Waals surface area (Å²) in [5, 5.41) is 10.7. The van der Waals surface area contributed by atoms with Crippen LogP contribution in [0.25, 0.3) is 0 Å². The molecule has 1 aromatic heterocycles. The SMILES string of the molecule is CSC1(CNC(=O)c2ccc(Cl)nn2)CCCC1. The fourth-order valence-electron chi connectivity index (χ4n) is 2.24. The maximum absolute atomic E-state index is 11.9. The van der Waals surface area contributed by atoms with Gasteiger partial charge in [0.05, 0.1) is 0 Å². The molecular formula is C12H16ClN3OS. The van der Waals surface area contributed by atoms with E-state index in [0.29, 0.717) is 17.4 Å². The van der Waals surface area contributed by atoms with Crippen LogP contribution in [0.1, 0.15) is 36.2 Å². The molecule has 98 valence electrons. The molecule has 0 bridgehead atoms. The van der Waals surface area contributed by atoms with Crippen molar-refractivity contribution in [2.24, 2.45) is 0 Å². The van der Waals surface area contributed by atoms with E-state index in [0.717, 1.165) is 0 Å². The highest BCUT2D eigenvalue weighted by Gasteiger charge is 2.33. The van der Waals surface area contributed by atoms with Crippen LogP contribution >= 0.6 is 23.4 Å². The van der Waals surface area contributed by atoms with Gasteiger partial charge in [-0.15, -0.1) is 10.2 Å². The number of halogens is 1. The summed E-state index contributed by atoms with van der Waals surface area (Å²) in [5.74, 6) is -0.181. The molecule has 1 aromatic rings. The predicted octanol–water partition coefficient (Wildman–Crippen LogP) is 2.54. The van der Waals surface area contributed by atoms with Crippen LogP contribution in [-0.4, -0.2) is 33.7 Å². The molecular weight excluding hydrogens is 270 g/mol. The zero-order valence-electron chi connectivity index (χ0n) is 10.3. The lowest BCUT2D eigenvalue weighted by atomic mass is 10.1. The Morgan fingerprint density at radius 2 is 2.17 bits per heavy atom. The summed E-state index contributed by atoms with van der Waals surface area (Å²) in [7, 11) is 0. The van der Waals surface area contributed by atoms with E-state index in [1.807, 2.05) is 11.8 Å². The van der Waals surface area contributed by atoms with Gasteiger partial charge in [-0.25, -0.2) is 0 Å². The largest absolute Gasteiger partial charge is 0.349 e. The summed E-state index contributed by atoms with van der Waals surface area (Å²) >= 11 is 7.48. The molecule has 1 heterocycles. The van der Waals surface area contributed by atoms with Crippen molar-refractivity contribution >= 4 is 29.3 Å². The minimum atomic E-state index is -0.181. The van der Waals surface area contributed by atoms with Gasteiger partial charge in [-0.2, -0.15) is 11.8 Å². The first-order chi connectivity index (χ1) is 8.65. The molecule has 0 aromatic carbocycles. The zero-order valence-corrected chi connectivity index (χ0v) is 11.9. The molecule has 0 spiro atoms. The van der Waals surface area contributed by atoms with Crippen molar-refractivity contribution in [3.8, 4) is 0 Å². The average molecular weight is 286 g/mol. The van der Waals surface area contributed by atoms with E-state index >= 15 is 0 Å². The van der Waals surface area contributed by atoms with Gasteiger partial charge in [0.2, 0.25) is 0 Å². The number of aromatic nitrogens is 2. The van der Waals surface area contributed by atoms with Gasteiger partial charge in [-0.3, -0.25) is 4.79 Å². The number of rotatable bonds is 4. The zero-order chi connectivity index (χ0) is 13.0. The summed E-state index contributed by atoms with van der Waals surface area (Å²) in [6, 6.07) is 3.16. The van der Waals surface area contributed by atoms with Gasteiger partial charge >= 0.3 is 0 Å². The molecule has 1 aliphatic carbocycles. The molecule has 1 N–H and O–H groups in total. The van der Waals surface area contributed by atoms with E-state index in [2.05, 4.69) is 21.8 Å². The molecule has 4 nitrogen and oxygen atoms in total. The van der Waals surface area contributed by atoms with E-state index < -0.39 is 0 Å². The van der Waals surface area contributed by atoms with Crippen molar-refractivity contribution < 1.29 is 4.79 Å². The Balaban J connectivity index is 1.93. The average Bonchev–Trinajstić information content (AvgIpc) is 2.86. The third-order valence-corrected chi connectivity index (χ3v) is 5.00. The minimum absolute atomic E-state index is 0.181. The molecule has 1 aliphatic rings. The van der Waals surface area contributed by atoms with Gasteiger partial charge in [0.15, 0.2) is 10.8 Å². The van der Waals surface area contributed by atoms with Gasteiger partial charge in [-0.1, -0.05) is 24.4 Å². The van der Waals surface area contributed by atoms with Gasteiger partial charge in [0.25, 0.3) is 5.91 Å². The molecule has 6 heteroatoms. The summed E-state index contributed by atoms with van der Waals surface area (Å²) in [6.07, 6.45) is 6.94. The lowest BCUT2D eigenvalue weighted by Gasteiger charge is -2.26. The van der Waals surface area contributed by atoms with Crippen LogP contribution in [-0.2, 0) is 0 Å². The first-order valence-electron chi connectivity index (χ1n) is 5.98. The first kappa shape index (κ1) is 13.6. The monoisotopic (exact) mass is 285 g/mol. The van der Waals surface area contributed by atoms with E-state index in [-0.39, 0.29) is 10.7 Å². The topological polar surface area (TPSA) is 54.9 Å². The highest BCUT2D eigenvalue weighted by molar-refractivity contribution is 8.00. The summed E-state index contributed by atoms with van der Waals surface area (Å²) in [4.78, 5) is 11.9. The molecule has 0 unspecified atom stereocenters. The van der Waals surface area contributed by atoms with Crippen LogP contribution in [0.5, 0.6) is 0 Å². The van der Waals surface area contributed by atoms with E-state index in [1.165, 1.54) is 25.7 Å². The maximum atomic E-state index is 11.9. The molecule has 1 fully saturated rings. The second-order valence-electron chi connectivity index (χ2n) is 4.52. The summed E-state index contributed by atoms with van der Waals surface area (Å²) in [6.45, 7) is 0.692. The van der Waals surface area contributed by atoms with Gasteiger partial charge in [0, 0.05) is 11.3 Å². The molecule has 0 saturated heterocycles. The third-order valence-electron chi connectivity index (χ3n) is 3.38. The van der Waals surface area contributed by atoms with Crippen LogP contribution in [0.15, 0.2) is 12.1 Å². The maximum Gasteiger partial charge on any atom is 0.271 e. The third kappa shape index (κ3) is 3.14. The van der Waals surface area contributed by atoms with Gasteiger partial charge in [0.1, 0.15) is 0 Å². The smallest absolute Gasteiger partial charge is 0.271 e. The van der Waals surface area contributed by atoms with Crippen LogP contribution < -0.4 is 5.32 Å². The lowest BCUT2D eigenvalue weighted by molar-refractivity contribution is 0.0943. The highest BCUT2D eigenvalue weighted by Crippen LogP contribution is 2.39. The molecule has 1 saturated carbocycles. The number of nitrogens with zero attached hydrogens (tertiary/aromatic N) is 2. The van der Waals surface area contributed by atoms with Crippen molar-refractivity contribution in [1.82, 2.24) is 15.5 Å². The number of hydrogen-bond acceptors (Lipinski definition) is 4. The van der Waals surface area contributed by atoms with Crippen molar-refractivity contribution in [1.29, 1.82) is 0 Å². The Morgan fingerprint density at radius 1 is 1.44 bits per heavy atom. The number of carbonyl (C=O) groups is 1. The van der Waals surface area contributed by atoms with Gasteiger partial charge in [-0.05, 0) is 31.2 Å². The van der Waals surface area contributed by atoms with Crippen molar-refractivity contribution in [2.75, 3.05) is 12.8 Å². The molecule has 0 atom stereocenters. The normalized spacial score (nSPS) is 17.7. The van der Waals surface area contributed by atoms with Crippen LogP contribution in [0.4, 0.5) is 0 Å². The van der Waals surface area contributed by atoms with Crippen molar-refractivity contribution in [2.45, 2.75) is 30.4 Å². The number of nitrogens with one attached hydrogen (secondary N) is 1. The molecule has 0 aliphatic heterocycles. The van der Waals surface area contributed by atoms with Crippen LogP contribution in [0, 0.1) is 0 Å². The standard InChI is InChI=1S/C12H16ClN3OS/c1-18-12(6-2-3-7-12)8-14-11(17)9-4-5-10(13)16-15-9/h4-5H,2-3,6-8H2,1H3,(H,14,17). The number of amides is 1. The molecule has 0 radical (unpaired) electrons. The fourth-order valence-corrected chi connectivity index (χ4v) is 3.26. The Kier molecular flexibility index (Phi) is 4.45. The number of carbonyl (C=O) groups excluding carboxylic acids is 1. The van der Waals surface area contributed by atoms with Crippen molar-refractivity contribution in [3.05, 3.63) is 23.0 Å². The second-order valence-corrected chi connectivity index (χ2v) is 6.18. The minimum Gasteiger partial charge on any atom is -0.349 e. The summed E-state index contributed by atoms with van der Waals surface area (Å²) in [5.41, 5.74) is 0.314. The molecule has 2 rings (SSSR count). The quantitative estimate of drug-likeness (QED) is 0.924. The Morgan fingerprint density at radius 3 is 2.72 bits per heavy atom. The Bertz CT molecular complexity index is 418. The van der Waals surface area contributed by atoms with E-state index in [9.17, 15) is 4.79 Å². The fraction of sp³-hybridized carbons (Fsp3) is 0.583.